The number of nitrogens with zero attached hydrogens (tertiary/aromatic N) is 2. The minimum absolute atomic E-state index is 0.339. The molecule has 0 radical (unpaired) electrons. The number of benzene rings is 1. The van der Waals surface area contributed by atoms with Crippen molar-refractivity contribution in [3.05, 3.63) is 29.6 Å². The Balaban J connectivity index is 2.10. The van der Waals surface area contributed by atoms with Crippen LogP contribution in [0.25, 0.3) is 0 Å². The summed E-state index contributed by atoms with van der Waals surface area (Å²) in [5.41, 5.74) is 1.10. The molecule has 0 bridgehead atoms. The van der Waals surface area contributed by atoms with Crippen molar-refractivity contribution < 1.29 is 4.39 Å². The number of rotatable bonds is 2. The fraction of sp³-hybridized carbons (Fsp3) is 0.462. The lowest BCUT2D eigenvalue weighted by Crippen LogP contribution is -2.39. The molecule has 3 nitrogen and oxygen atoms in total. The Hall–Kier alpha value is -1.60. The average molecular weight is 233 g/mol. The highest BCUT2D eigenvalue weighted by atomic mass is 19.1. The highest BCUT2D eigenvalue weighted by molar-refractivity contribution is 5.58. The van der Waals surface area contributed by atoms with Crippen LogP contribution in [0.2, 0.25) is 0 Å². The number of piperidine rings is 1. The van der Waals surface area contributed by atoms with E-state index in [0.29, 0.717) is 11.6 Å². The van der Waals surface area contributed by atoms with Gasteiger partial charge in [0.05, 0.1) is 11.3 Å². The van der Waals surface area contributed by atoms with E-state index in [4.69, 9.17) is 5.26 Å². The molecule has 0 saturated carbocycles. The lowest BCUT2D eigenvalue weighted by Gasteiger charge is -2.31. The van der Waals surface area contributed by atoms with Crippen molar-refractivity contribution in [3.63, 3.8) is 0 Å². The maximum atomic E-state index is 13.0. The van der Waals surface area contributed by atoms with Gasteiger partial charge in [0.15, 0.2) is 0 Å². The zero-order chi connectivity index (χ0) is 12.3. The van der Waals surface area contributed by atoms with Gasteiger partial charge in [-0.2, -0.15) is 5.26 Å². The molecule has 1 aromatic rings. The smallest absolute Gasteiger partial charge is 0.124 e. The Bertz CT molecular complexity index is 439. The maximum Gasteiger partial charge on any atom is 0.124 e. The Morgan fingerprint density at radius 3 is 3.06 bits per heavy atom. The summed E-state index contributed by atoms with van der Waals surface area (Å²) in [4.78, 5) is 2.26. The number of hydrogen-bond acceptors (Lipinski definition) is 3. The molecule has 1 saturated heterocycles. The lowest BCUT2D eigenvalue weighted by atomic mass is 10.1. The van der Waals surface area contributed by atoms with E-state index >= 15 is 0 Å². The second-order valence-electron chi connectivity index (χ2n) is 4.55. The maximum absolute atomic E-state index is 13.0. The van der Waals surface area contributed by atoms with Gasteiger partial charge in [-0.3, -0.25) is 0 Å². The summed E-state index contributed by atoms with van der Waals surface area (Å²) < 4.78 is 13.0. The van der Waals surface area contributed by atoms with Gasteiger partial charge in [0.25, 0.3) is 0 Å². The molecule has 1 unspecified atom stereocenters. The molecule has 1 aromatic carbocycles. The van der Waals surface area contributed by atoms with Gasteiger partial charge >= 0.3 is 0 Å². The zero-order valence-electron chi connectivity index (χ0n) is 9.91. The molecule has 1 atom stereocenters. The first kappa shape index (κ1) is 11.9. The van der Waals surface area contributed by atoms with Crippen LogP contribution in [0.1, 0.15) is 18.4 Å². The average Bonchev–Trinajstić information content (AvgIpc) is 2.31. The number of anilines is 1. The van der Waals surface area contributed by atoms with E-state index in [1.165, 1.54) is 12.1 Å². The van der Waals surface area contributed by atoms with E-state index < -0.39 is 0 Å². The third kappa shape index (κ3) is 2.95. The number of hydrogen-bond donors (Lipinski definition) is 1. The normalized spacial score (nSPS) is 20.9. The van der Waals surface area contributed by atoms with Crippen LogP contribution in [0, 0.1) is 17.1 Å². The molecule has 0 aromatic heterocycles. The molecule has 90 valence electrons. The predicted octanol–water partition coefficient (Wildman–Crippen LogP) is 2.20. The van der Waals surface area contributed by atoms with Gasteiger partial charge in [0.2, 0.25) is 0 Å². The molecule has 1 heterocycles. The molecule has 2 rings (SSSR count). The van der Waals surface area contributed by atoms with Crippen LogP contribution in [0.5, 0.6) is 0 Å². The zero-order valence-corrected chi connectivity index (χ0v) is 9.91. The Kier molecular flexibility index (Phi) is 3.60. The first-order valence-corrected chi connectivity index (χ1v) is 5.84. The highest BCUT2D eigenvalue weighted by Crippen LogP contribution is 2.20. The quantitative estimate of drug-likeness (QED) is 0.851. The number of nitriles is 1. The lowest BCUT2D eigenvalue weighted by molar-refractivity contribution is 0.261. The number of likely N-dealkylation sites (N-methyl/N-ethyl adjacent to an activating group) is 1. The van der Waals surface area contributed by atoms with Crippen LogP contribution < -0.4 is 5.32 Å². The van der Waals surface area contributed by atoms with Crippen molar-refractivity contribution in [1.82, 2.24) is 4.90 Å². The molecule has 4 heteroatoms. The summed E-state index contributed by atoms with van der Waals surface area (Å²) in [5.74, 6) is -0.368. The van der Waals surface area contributed by atoms with Crippen molar-refractivity contribution in [2.75, 3.05) is 25.5 Å². The highest BCUT2D eigenvalue weighted by Gasteiger charge is 2.17. The van der Waals surface area contributed by atoms with Crippen LogP contribution in [-0.4, -0.2) is 31.1 Å². The summed E-state index contributed by atoms with van der Waals surface area (Å²) in [5, 5.41) is 12.3. The Morgan fingerprint density at radius 1 is 1.53 bits per heavy atom. The fourth-order valence-corrected chi connectivity index (χ4v) is 2.24. The molecular weight excluding hydrogens is 217 g/mol. The van der Waals surface area contributed by atoms with Gasteiger partial charge in [-0.05, 0) is 44.6 Å². The molecule has 0 spiro atoms. The van der Waals surface area contributed by atoms with Gasteiger partial charge < -0.3 is 10.2 Å². The summed E-state index contributed by atoms with van der Waals surface area (Å²) >= 11 is 0. The summed E-state index contributed by atoms with van der Waals surface area (Å²) in [6.45, 7) is 2.08. The van der Waals surface area contributed by atoms with Crippen molar-refractivity contribution >= 4 is 5.69 Å². The molecule has 0 amide bonds. The predicted molar refractivity (Wildman–Crippen MR) is 65.3 cm³/mol. The third-order valence-corrected chi connectivity index (χ3v) is 3.09. The minimum Gasteiger partial charge on any atom is -0.380 e. The second-order valence-corrected chi connectivity index (χ2v) is 4.55. The first-order valence-electron chi connectivity index (χ1n) is 5.84. The van der Waals surface area contributed by atoms with Crippen molar-refractivity contribution in [1.29, 1.82) is 5.26 Å². The molecule has 1 fully saturated rings. The van der Waals surface area contributed by atoms with Gasteiger partial charge in [-0.1, -0.05) is 0 Å². The van der Waals surface area contributed by atoms with E-state index in [0.717, 1.165) is 31.6 Å². The SMILES string of the molecule is CN1CCCC(Nc2ccc(F)cc2C#N)C1. The number of halogens is 1. The van der Waals surface area contributed by atoms with Crippen LogP contribution in [0.3, 0.4) is 0 Å². The monoisotopic (exact) mass is 233 g/mol. The second kappa shape index (κ2) is 5.15. The summed E-state index contributed by atoms with van der Waals surface area (Å²) in [6.07, 6.45) is 2.24. The van der Waals surface area contributed by atoms with Gasteiger partial charge in [0, 0.05) is 12.6 Å². The van der Waals surface area contributed by atoms with E-state index in [-0.39, 0.29) is 5.82 Å². The minimum atomic E-state index is -0.368. The van der Waals surface area contributed by atoms with E-state index in [2.05, 4.69) is 17.3 Å². The Labute approximate surface area is 101 Å². The van der Waals surface area contributed by atoms with Crippen LogP contribution in [0.4, 0.5) is 10.1 Å². The number of nitrogens with one attached hydrogen (secondary N) is 1. The van der Waals surface area contributed by atoms with Crippen molar-refractivity contribution in [2.24, 2.45) is 0 Å². The molecular formula is C13H16FN3. The molecule has 1 aliphatic heterocycles. The van der Waals surface area contributed by atoms with Gasteiger partial charge in [-0.25, -0.2) is 4.39 Å². The molecule has 0 aliphatic carbocycles. The molecule has 1 aliphatic rings. The van der Waals surface area contributed by atoms with Crippen LogP contribution in [0.15, 0.2) is 18.2 Å². The van der Waals surface area contributed by atoms with Gasteiger partial charge in [-0.15, -0.1) is 0 Å². The van der Waals surface area contributed by atoms with E-state index in [1.54, 1.807) is 6.07 Å². The third-order valence-electron chi connectivity index (χ3n) is 3.09. The van der Waals surface area contributed by atoms with Crippen LogP contribution >= 0.6 is 0 Å². The first-order chi connectivity index (χ1) is 8.19. The molecule has 17 heavy (non-hydrogen) atoms. The Morgan fingerprint density at radius 2 is 2.35 bits per heavy atom. The van der Waals surface area contributed by atoms with Crippen LogP contribution in [-0.2, 0) is 0 Å². The standard InChI is InChI=1S/C13H16FN3/c1-17-6-2-3-12(9-17)16-13-5-4-11(14)7-10(13)8-15/h4-5,7,12,16H,2-3,6,9H2,1H3. The van der Waals surface area contributed by atoms with Gasteiger partial charge in [0.1, 0.15) is 11.9 Å². The summed E-state index contributed by atoms with van der Waals surface area (Å²) in [6, 6.07) is 6.66. The van der Waals surface area contributed by atoms with E-state index in [9.17, 15) is 4.39 Å². The largest absolute Gasteiger partial charge is 0.380 e. The van der Waals surface area contributed by atoms with Crippen molar-refractivity contribution in [2.45, 2.75) is 18.9 Å². The van der Waals surface area contributed by atoms with E-state index in [1.807, 2.05) is 6.07 Å². The fourth-order valence-electron chi connectivity index (χ4n) is 2.24. The molecule has 1 N–H and O–H groups in total. The topological polar surface area (TPSA) is 39.1 Å². The number of likely N-dealkylation sites (tertiary alicyclic amines) is 1. The summed E-state index contributed by atoms with van der Waals surface area (Å²) in [7, 11) is 2.09. The van der Waals surface area contributed by atoms with Crippen molar-refractivity contribution in [3.8, 4) is 6.07 Å².